The van der Waals surface area contributed by atoms with Crippen LogP contribution in [0.15, 0.2) is 22.6 Å². The molecule has 0 saturated carbocycles. The smallest absolute Gasteiger partial charge is 0.242 e. The molecule has 2 aromatic rings. The van der Waals surface area contributed by atoms with Crippen molar-refractivity contribution in [1.29, 1.82) is 0 Å². The second kappa shape index (κ2) is 8.95. The molecule has 1 unspecified atom stereocenters. The maximum absolute atomic E-state index is 13.3. The normalized spacial score (nSPS) is 13.1. The summed E-state index contributed by atoms with van der Waals surface area (Å²) in [6, 6.07) is 3.74. The molecule has 1 aromatic heterocycles. The molecule has 27 heavy (non-hydrogen) atoms. The highest BCUT2D eigenvalue weighted by molar-refractivity contribution is 9.09. The Hall–Kier alpha value is -1.07. The van der Waals surface area contributed by atoms with Gasteiger partial charge >= 0.3 is 0 Å². The van der Waals surface area contributed by atoms with Crippen LogP contribution in [0.2, 0.25) is 24.7 Å². The predicted octanol–water partition coefficient (Wildman–Crippen LogP) is 4.60. The van der Waals surface area contributed by atoms with E-state index in [0.717, 1.165) is 6.07 Å². The lowest BCUT2D eigenvalue weighted by Crippen LogP contribution is -2.29. The summed E-state index contributed by atoms with van der Waals surface area (Å²) in [6.07, 6.45) is 0.356. The van der Waals surface area contributed by atoms with Crippen molar-refractivity contribution in [3.63, 3.8) is 0 Å². The van der Waals surface area contributed by atoms with E-state index >= 15 is 0 Å². The van der Waals surface area contributed by atoms with E-state index in [9.17, 15) is 17.9 Å². The lowest BCUT2D eigenvalue weighted by molar-refractivity contribution is 0.438. The average Bonchev–Trinajstić information content (AvgIpc) is 2.82. The highest BCUT2D eigenvalue weighted by Gasteiger charge is 2.31. The first kappa shape index (κ1) is 22.2. The summed E-state index contributed by atoms with van der Waals surface area (Å²) in [5.74, 6) is -0.181. The molecule has 1 heterocycles. The van der Waals surface area contributed by atoms with Crippen LogP contribution in [0.3, 0.4) is 0 Å². The molecule has 1 aromatic carbocycles. The van der Waals surface area contributed by atoms with Gasteiger partial charge < -0.3 is 13.9 Å². The number of nitrogens with one attached hydrogen (secondary N) is 1. The first-order chi connectivity index (χ1) is 12.5. The Morgan fingerprint density at radius 2 is 2.07 bits per heavy atom. The first-order valence-corrected chi connectivity index (χ1v) is 13.9. The first-order valence-electron chi connectivity index (χ1n) is 8.01. The highest BCUT2D eigenvalue weighted by Crippen LogP contribution is 2.50. The zero-order chi connectivity index (χ0) is 20.4. The van der Waals surface area contributed by atoms with Gasteiger partial charge in [0.15, 0.2) is 17.3 Å². The highest BCUT2D eigenvalue weighted by atomic mass is 79.9. The summed E-state index contributed by atoms with van der Waals surface area (Å²) in [7, 11) is -4.81. The minimum absolute atomic E-state index is 0.0653. The molecule has 0 fully saturated rings. The molecule has 2 rings (SSSR count). The third kappa shape index (κ3) is 5.95. The summed E-state index contributed by atoms with van der Waals surface area (Å²) < 4.78 is 48.8. The zero-order valence-electron chi connectivity index (χ0n) is 14.9. The number of hydrogen-bond acceptors (Lipinski definition) is 5. The second-order valence-corrected chi connectivity index (χ2v) is 13.5. The summed E-state index contributed by atoms with van der Waals surface area (Å²) in [5.41, 5.74) is 0.322. The minimum Gasteiger partial charge on any atom is -0.539 e. The molecule has 0 amide bonds. The van der Waals surface area contributed by atoms with Crippen LogP contribution >= 0.6 is 27.5 Å². The SMILES string of the molecule is C[Si](C)(C)Oc1c(C(Br)CCN[SH](=O)=O)oc(-c2ccc(F)cc2Cl)c1O. The van der Waals surface area contributed by atoms with E-state index in [1.54, 1.807) is 0 Å². The van der Waals surface area contributed by atoms with Crippen LogP contribution in [0, 0.1) is 5.82 Å². The van der Waals surface area contributed by atoms with Crippen LogP contribution < -0.4 is 9.15 Å². The second-order valence-electron chi connectivity index (χ2n) is 6.73. The molecule has 0 radical (unpaired) electrons. The van der Waals surface area contributed by atoms with Crippen molar-refractivity contribution in [1.82, 2.24) is 4.72 Å². The maximum Gasteiger partial charge on any atom is 0.242 e. The van der Waals surface area contributed by atoms with Crippen molar-refractivity contribution >= 4 is 46.7 Å². The van der Waals surface area contributed by atoms with Crippen LogP contribution in [0.4, 0.5) is 4.39 Å². The molecule has 0 saturated heterocycles. The van der Waals surface area contributed by atoms with E-state index in [2.05, 4.69) is 20.7 Å². The maximum atomic E-state index is 13.3. The molecule has 150 valence electrons. The monoisotopic (exact) mass is 499 g/mol. The molecule has 0 aliphatic heterocycles. The van der Waals surface area contributed by atoms with E-state index in [0.29, 0.717) is 17.7 Å². The zero-order valence-corrected chi connectivity index (χ0v) is 19.1. The molecule has 11 heteroatoms. The van der Waals surface area contributed by atoms with Gasteiger partial charge in [-0.2, -0.15) is 0 Å². The molecular formula is C16H20BrClFNO5SSi. The Bertz CT molecular complexity index is 892. The standard InChI is InChI=1S/C16H20BrClFNO5SSi/c1-27(2,3)25-16-13(21)14(10-5-4-9(19)8-12(10)18)24-15(16)11(17)6-7-20-26(22)23/h4-5,8,11,21,26H,6-7H2,1-3H3,(H,20,22,23). The van der Waals surface area contributed by atoms with E-state index in [-0.39, 0.29) is 28.8 Å². The third-order valence-corrected chi connectivity index (χ3v) is 5.86. The number of furan rings is 1. The fourth-order valence-corrected chi connectivity index (χ4v) is 4.21. The molecular weight excluding hydrogens is 481 g/mol. The average molecular weight is 501 g/mol. The molecule has 2 N–H and O–H groups in total. The van der Waals surface area contributed by atoms with Gasteiger partial charge in [-0.05, 0) is 44.3 Å². The number of hydrogen-bond donors (Lipinski definition) is 3. The van der Waals surface area contributed by atoms with E-state index < -0.39 is 29.9 Å². The van der Waals surface area contributed by atoms with Gasteiger partial charge in [0.25, 0.3) is 0 Å². The Kier molecular flexibility index (Phi) is 7.37. The number of thiol groups is 1. The van der Waals surface area contributed by atoms with Gasteiger partial charge in [0, 0.05) is 12.1 Å². The van der Waals surface area contributed by atoms with Crippen molar-refractivity contribution in [2.75, 3.05) is 6.54 Å². The minimum atomic E-state index is -2.70. The van der Waals surface area contributed by atoms with Crippen LogP contribution in [0.25, 0.3) is 11.3 Å². The number of benzene rings is 1. The van der Waals surface area contributed by atoms with Crippen molar-refractivity contribution < 1.29 is 26.8 Å². The van der Waals surface area contributed by atoms with Gasteiger partial charge in [-0.25, -0.2) is 17.5 Å². The van der Waals surface area contributed by atoms with E-state index in [1.807, 2.05) is 19.6 Å². The van der Waals surface area contributed by atoms with Gasteiger partial charge in [-0.15, -0.1) is 0 Å². The van der Waals surface area contributed by atoms with Crippen molar-refractivity contribution in [2.24, 2.45) is 0 Å². The third-order valence-electron chi connectivity index (χ3n) is 3.37. The van der Waals surface area contributed by atoms with Gasteiger partial charge in [-0.1, -0.05) is 27.5 Å². The number of alkyl halides is 1. The van der Waals surface area contributed by atoms with Crippen LogP contribution in [0.1, 0.15) is 17.0 Å². The molecule has 0 aliphatic carbocycles. The number of aromatic hydroxyl groups is 1. The van der Waals surface area contributed by atoms with Gasteiger partial charge in [0.05, 0.1) is 9.85 Å². The Balaban J connectivity index is 2.47. The van der Waals surface area contributed by atoms with Gasteiger partial charge in [0.1, 0.15) is 5.82 Å². The Morgan fingerprint density at radius 3 is 2.63 bits per heavy atom. The van der Waals surface area contributed by atoms with Gasteiger partial charge in [0.2, 0.25) is 25.0 Å². The molecule has 1 atom stereocenters. The summed E-state index contributed by atoms with van der Waals surface area (Å²) >= 11 is 9.54. The van der Waals surface area contributed by atoms with Crippen LogP contribution in [-0.2, 0) is 10.9 Å². The summed E-state index contributed by atoms with van der Waals surface area (Å²) in [6.45, 7) is 6.01. The quantitative estimate of drug-likeness (QED) is 0.280. The van der Waals surface area contributed by atoms with Gasteiger partial charge in [-0.3, -0.25) is 0 Å². The molecule has 0 spiro atoms. The lowest BCUT2D eigenvalue weighted by Gasteiger charge is -2.20. The Morgan fingerprint density at radius 1 is 1.41 bits per heavy atom. The fraction of sp³-hybridized carbons (Fsp3) is 0.375. The molecule has 0 aliphatic rings. The molecule has 0 bridgehead atoms. The number of halogens is 3. The fourth-order valence-electron chi connectivity index (χ4n) is 2.31. The van der Waals surface area contributed by atoms with Crippen molar-refractivity contribution in [3.8, 4) is 22.8 Å². The Labute approximate surface area is 173 Å². The number of rotatable bonds is 8. The van der Waals surface area contributed by atoms with Crippen molar-refractivity contribution in [2.45, 2.75) is 30.9 Å². The van der Waals surface area contributed by atoms with Crippen LogP contribution in [0.5, 0.6) is 11.5 Å². The summed E-state index contributed by atoms with van der Waals surface area (Å²) in [4.78, 5) is -0.426. The van der Waals surface area contributed by atoms with E-state index in [4.69, 9.17) is 20.4 Å². The van der Waals surface area contributed by atoms with Crippen LogP contribution in [-0.4, -0.2) is 28.4 Å². The summed E-state index contributed by atoms with van der Waals surface area (Å²) in [5, 5.41) is 10.8. The topological polar surface area (TPSA) is 88.8 Å². The predicted molar refractivity (Wildman–Crippen MR) is 109 cm³/mol. The lowest BCUT2D eigenvalue weighted by atomic mass is 10.1. The van der Waals surface area contributed by atoms with Crippen molar-refractivity contribution in [3.05, 3.63) is 34.8 Å². The van der Waals surface area contributed by atoms with E-state index in [1.165, 1.54) is 12.1 Å². The largest absolute Gasteiger partial charge is 0.539 e. The molecule has 6 nitrogen and oxygen atoms in total.